The molecule has 1 aromatic carbocycles. The zero-order chi connectivity index (χ0) is 21.8. The number of aromatic nitrogens is 1. The molecule has 2 aliphatic rings. The Morgan fingerprint density at radius 1 is 1.26 bits per heavy atom. The third-order valence-electron chi connectivity index (χ3n) is 6.56. The van der Waals surface area contributed by atoms with Gasteiger partial charge in [0, 0.05) is 43.1 Å². The molecule has 0 amide bonds. The lowest BCUT2D eigenvalue weighted by Crippen LogP contribution is -2.54. The average molecular weight is 425 g/mol. The van der Waals surface area contributed by atoms with E-state index < -0.39 is 0 Å². The normalized spacial score (nSPS) is 23.3. The number of para-hydroxylation sites is 1. The van der Waals surface area contributed by atoms with Gasteiger partial charge in [-0.05, 0) is 38.3 Å². The zero-order valence-electron chi connectivity index (χ0n) is 18.3. The van der Waals surface area contributed by atoms with Crippen molar-refractivity contribution >= 4 is 28.5 Å². The van der Waals surface area contributed by atoms with E-state index in [0.29, 0.717) is 24.2 Å². The van der Waals surface area contributed by atoms with E-state index in [0.717, 1.165) is 29.7 Å². The number of aliphatic hydroxyl groups is 1. The van der Waals surface area contributed by atoms with E-state index in [2.05, 4.69) is 15.2 Å². The van der Waals surface area contributed by atoms with Gasteiger partial charge < -0.3 is 20.4 Å². The first-order valence-corrected chi connectivity index (χ1v) is 11.4. The quantitative estimate of drug-likeness (QED) is 0.390. The number of benzene rings is 1. The minimum atomic E-state index is 0.0590. The molecule has 1 aliphatic carbocycles. The minimum Gasteiger partial charge on any atom is -0.578 e. The number of nitrogens with zero attached hydrogens (tertiary/aromatic N) is 3. The van der Waals surface area contributed by atoms with E-state index in [1.54, 1.807) is 6.92 Å². The fourth-order valence-corrected chi connectivity index (χ4v) is 4.95. The van der Waals surface area contributed by atoms with Gasteiger partial charge >= 0.3 is 5.90 Å². The molecule has 1 saturated heterocycles. The largest absolute Gasteiger partial charge is 0.578 e. The lowest BCUT2D eigenvalue weighted by atomic mass is 9.89. The molecule has 0 bridgehead atoms. The van der Waals surface area contributed by atoms with Gasteiger partial charge in [0.1, 0.15) is 17.2 Å². The Kier molecular flexibility index (Phi) is 6.83. The number of piperidine rings is 1. The van der Waals surface area contributed by atoms with Crippen molar-refractivity contribution in [3.63, 3.8) is 0 Å². The van der Waals surface area contributed by atoms with Crippen molar-refractivity contribution < 1.29 is 10.2 Å². The Morgan fingerprint density at radius 3 is 2.77 bits per heavy atom. The molecule has 166 valence electrons. The van der Waals surface area contributed by atoms with Crippen LogP contribution in [-0.2, 0) is 0 Å². The molecular weight excluding hydrogens is 390 g/mol. The van der Waals surface area contributed by atoms with Crippen LogP contribution in [0, 0.1) is 11.3 Å². The molecule has 4 rings (SSSR count). The van der Waals surface area contributed by atoms with Crippen molar-refractivity contribution in [1.82, 2.24) is 10.3 Å². The molecule has 1 aromatic heterocycles. The number of aliphatic hydroxyl groups excluding tert-OH is 1. The highest BCUT2D eigenvalue weighted by atomic mass is 16.3. The Bertz CT molecular complexity index is 954. The highest BCUT2D eigenvalue weighted by Crippen LogP contribution is 2.29. The summed E-state index contributed by atoms with van der Waals surface area (Å²) in [6.45, 7) is 3.21. The fourth-order valence-electron chi connectivity index (χ4n) is 4.95. The SMILES string of the molecule is CC(=N)N=C([OH2+])c1cc2ccccc2nc1N1CCC(NC2CCCCC2)C(CO)C1. The second-order valence-corrected chi connectivity index (χ2v) is 8.88. The lowest BCUT2D eigenvalue weighted by molar-refractivity contribution is 0.160. The summed E-state index contributed by atoms with van der Waals surface area (Å²) in [5, 5.41) is 31.1. The molecule has 2 aromatic rings. The molecule has 7 heteroatoms. The summed E-state index contributed by atoms with van der Waals surface area (Å²) in [6, 6.07) is 10.7. The van der Waals surface area contributed by atoms with Crippen LogP contribution in [-0.4, -0.2) is 58.7 Å². The van der Waals surface area contributed by atoms with Crippen LogP contribution in [0.5, 0.6) is 0 Å². The van der Waals surface area contributed by atoms with Crippen LogP contribution < -0.4 is 10.2 Å². The van der Waals surface area contributed by atoms with Crippen molar-refractivity contribution in [2.45, 2.75) is 57.5 Å². The van der Waals surface area contributed by atoms with Crippen LogP contribution in [0.3, 0.4) is 0 Å². The van der Waals surface area contributed by atoms with Crippen molar-refractivity contribution in [3.05, 3.63) is 35.9 Å². The number of amidine groups is 1. The van der Waals surface area contributed by atoms with Crippen LogP contribution in [0.4, 0.5) is 5.82 Å². The van der Waals surface area contributed by atoms with Gasteiger partial charge in [-0.1, -0.05) is 37.5 Å². The maximum atomic E-state index is 10.1. The van der Waals surface area contributed by atoms with Crippen LogP contribution in [0.2, 0.25) is 0 Å². The molecular formula is C24H34N5O2+. The second kappa shape index (κ2) is 9.75. The number of aliphatic imine (C=N–C) groups is 1. The van der Waals surface area contributed by atoms with Gasteiger partial charge in [0.2, 0.25) is 0 Å². The minimum absolute atomic E-state index is 0.0590. The van der Waals surface area contributed by atoms with E-state index in [-0.39, 0.29) is 24.3 Å². The van der Waals surface area contributed by atoms with Crippen molar-refractivity contribution in [1.29, 1.82) is 5.41 Å². The smallest absolute Gasteiger partial charge is 0.369 e. The number of anilines is 1. The first-order valence-electron chi connectivity index (χ1n) is 11.4. The Labute approximate surface area is 183 Å². The molecule has 2 atom stereocenters. The number of nitrogens with one attached hydrogen (secondary N) is 2. The summed E-state index contributed by atoms with van der Waals surface area (Å²) in [5.74, 6) is 1.01. The predicted octanol–water partition coefficient (Wildman–Crippen LogP) is 2.81. The topological polar surface area (TPSA) is 108 Å². The Balaban J connectivity index is 1.61. The summed E-state index contributed by atoms with van der Waals surface area (Å²) in [7, 11) is 0. The molecule has 0 spiro atoms. The third-order valence-corrected chi connectivity index (χ3v) is 6.56. The Morgan fingerprint density at radius 2 is 2.03 bits per heavy atom. The van der Waals surface area contributed by atoms with Gasteiger partial charge in [0.05, 0.1) is 5.52 Å². The van der Waals surface area contributed by atoms with Crippen molar-refractivity contribution in [3.8, 4) is 0 Å². The van der Waals surface area contributed by atoms with E-state index in [1.807, 2.05) is 30.3 Å². The molecule has 1 aliphatic heterocycles. The number of hydrogen-bond acceptors (Lipinski definition) is 5. The van der Waals surface area contributed by atoms with E-state index >= 15 is 0 Å². The molecule has 2 unspecified atom stereocenters. The predicted molar refractivity (Wildman–Crippen MR) is 126 cm³/mol. The van der Waals surface area contributed by atoms with Gasteiger partial charge in [0.25, 0.3) is 0 Å². The monoisotopic (exact) mass is 424 g/mol. The first-order chi connectivity index (χ1) is 15.0. The molecule has 0 radical (unpaired) electrons. The zero-order valence-corrected chi connectivity index (χ0v) is 18.3. The summed E-state index contributed by atoms with van der Waals surface area (Å²) < 4.78 is 0. The van der Waals surface area contributed by atoms with Crippen molar-refractivity contribution in [2.24, 2.45) is 10.9 Å². The lowest BCUT2D eigenvalue weighted by Gasteiger charge is -2.41. The molecule has 2 fully saturated rings. The summed E-state index contributed by atoms with van der Waals surface area (Å²) in [4.78, 5) is 11.2. The molecule has 31 heavy (non-hydrogen) atoms. The second-order valence-electron chi connectivity index (χ2n) is 8.88. The van der Waals surface area contributed by atoms with Crippen LogP contribution in [0.25, 0.3) is 10.9 Å². The summed E-state index contributed by atoms with van der Waals surface area (Å²) in [6.07, 6.45) is 7.32. The van der Waals surface area contributed by atoms with Crippen LogP contribution >= 0.6 is 0 Å². The van der Waals surface area contributed by atoms with Gasteiger partial charge in [-0.2, -0.15) is 4.99 Å². The first kappa shape index (κ1) is 21.7. The summed E-state index contributed by atoms with van der Waals surface area (Å²) >= 11 is 0. The molecule has 1 saturated carbocycles. The van der Waals surface area contributed by atoms with E-state index in [4.69, 9.17) is 15.5 Å². The maximum absolute atomic E-state index is 10.1. The number of pyridine rings is 1. The van der Waals surface area contributed by atoms with Gasteiger partial charge in [-0.3, -0.25) is 5.41 Å². The third kappa shape index (κ3) is 5.05. The average Bonchev–Trinajstić information content (AvgIpc) is 2.78. The molecule has 7 nitrogen and oxygen atoms in total. The Hall–Kier alpha value is -2.51. The molecule has 5 N–H and O–H groups in total. The highest BCUT2D eigenvalue weighted by Gasteiger charge is 2.33. The molecule has 2 heterocycles. The number of hydrogen-bond donors (Lipinski definition) is 3. The van der Waals surface area contributed by atoms with Gasteiger partial charge in [0.15, 0.2) is 0 Å². The van der Waals surface area contributed by atoms with Gasteiger partial charge in [-0.25, -0.2) is 4.98 Å². The van der Waals surface area contributed by atoms with E-state index in [9.17, 15) is 5.11 Å². The standard InChI is InChI=1S/C24H33N5O2/c1-16(25)26-24(31)20-13-17-7-5-6-10-21(17)28-23(20)29-12-11-22(18(14-29)15-30)27-19-8-3-2-4-9-19/h5-7,10,13,18-19,22,27,30H,2-4,8-9,11-12,14-15H2,1H3,(H2,25,26,31)/p+1. The van der Waals surface area contributed by atoms with Crippen LogP contribution in [0.1, 0.15) is 51.0 Å². The number of fused-ring (bicyclic) bond motifs is 1. The fraction of sp³-hybridized carbons (Fsp3) is 0.542. The van der Waals surface area contributed by atoms with Crippen molar-refractivity contribution in [2.75, 3.05) is 24.6 Å². The summed E-state index contributed by atoms with van der Waals surface area (Å²) in [5.41, 5.74) is 1.52. The maximum Gasteiger partial charge on any atom is 0.369 e. The van der Waals surface area contributed by atoms with E-state index in [1.165, 1.54) is 32.1 Å². The van der Waals surface area contributed by atoms with Crippen LogP contribution in [0.15, 0.2) is 35.3 Å². The number of rotatable bonds is 5. The highest BCUT2D eigenvalue weighted by molar-refractivity contribution is 6.05. The van der Waals surface area contributed by atoms with Gasteiger partial charge in [-0.15, -0.1) is 0 Å².